The molecule has 1 aromatic heterocycles. The van der Waals surface area contributed by atoms with Gasteiger partial charge in [-0.1, -0.05) is 23.5 Å². The van der Waals surface area contributed by atoms with Gasteiger partial charge in [0.2, 0.25) is 0 Å². The summed E-state index contributed by atoms with van der Waals surface area (Å²) in [6, 6.07) is 10.3. The summed E-state index contributed by atoms with van der Waals surface area (Å²) in [6.45, 7) is 1.01. The molecule has 0 saturated heterocycles. The van der Waals surface area contributed by atoms with E-state index in [2.05, 4.69) is 4.98 Å². The normalized spacial score (nSPS) is 11.4. The lowest BCUT2D eigenvalue weighted by Crippen LogP contribution is -2.35. The Bertz CT molecular complexity index is 1080. The van der Waals surface area contributed by atoms with Crippen LogP contribution in [-0.2, 0) is 4.79 Å². The van der Waals surface area contributed by atoms with Crippen LogP contribution in [0.3, 0.4) is 0 Å². The molecule has 0 saturated carbocycles. The van der Waals surface area contributed by atoms with Crippen LogP contribution in [0, 0.1) is 15.9 Å². The highest BCUT2D eigenvalue weighted by atomic mass is 32.1. The average molecular weight is 414 g/mol. The molecule has 1 amide bonds. The molecule has 0 radical (unpaired) electrons. The Kier molecular flexibility index (Phi) is 6.30. The van der Waals surface area contributed by atoms with Crippen molar-refractivity contribution < 1.29 is 14.1 Å². The fraction of sp³-hybridized carbons (Fsp3) is 0.200. The van der Waals surface area contributed by atoms with Crippen LogP contribution in [0.1, 0.15) is 5.56 Å². The van der Waals surface area contributed by atoms with Crippen molar-refractivity contribution in [1.82, 2.24) is 9.88 Å². The molecular weight excluding hydrogens is 395 g/mol. The first-order valence-electron chi connectivity index (χ1n) is 8.78. The summed E-state index contributed by atoms with van der Waals surface area (Å²) < 4.78 is 14.1. The quantitative estimate of drug-likeness (QED) is 0.332. The monoisotopic (exact) mass is 414 g/mol. The number of halogens is 1. The third-order valence-electron chi connectivity index (χ3n) is 4.11. The maximum Gasteiger partial charge on any atom is 0.270 e. The summed E-state index contributed by atoms with van der Waals surface area (Å²) in [4.78, 5) is 31.2. The molecule has 0 aliphatic carbocycles. The molecule has 7 nitrogen and oxygen atoms in total. The highest BCUT2D eigenvalue weighted by Crippen LogP contribution is 2.29. The first-order valence-corrected chi connectivity index (χ1v) is 9.60. The van der Waals surface area contributed by atoms with Crippen molar-refractivity contribution in [3.63, 3.8) is 0 Å². The van der Waals surface area contributed by atoms with Crippen LogP contribution >= 0.6 is 11.3 Å². The highest BCUT2D eigenvalue weighted by Gasteiger charge is 2.18. The molecule has 0 bridgehead atoms. The molecule has 1 heterocycles. The van der Waals surface area contributed by atoms with E-state index < -0.39 is 4.92 Å². The molecule has 0 unspecified atom stereocenters. The number of thiazole rings is 1. The molecule has 9 heteroatoms. The van der Waals surface area contributed by atoms with Gasteiger partial charge in [-0.15, -0.1) is 0 Å². The van der Waals surface area contributed by atoms with Gasteiger partial charge in [-0.05, 0) is 43.9 Å². The van der Waals surface area contributed by atoms with Crippen LogP contribution in [0.5, 0.6) is 0 Å². The Morgan fingerprint density at radius 2 is 2.03 bits per heavy atom. The van der Waals surface area contributed by atoms with Crippen molar-refractivity contribution in [3.05, 3.63) is 70.0 Å². The van der Waals surface area contributed by atoms with Crippen LogP contribution in [-0.4, -0.2) is 47.9 Å². The van der Waals surface area contributed by atoms with Crippen molar-refractivity contribution in [2.24, 2.45) is 0 Å². The van der Waals surface area contributed by atoms with Crippen molar-refractivity contribution in [3.8, 4) is 0 Å². The van der Waals surface area contributed by atoms with Crippen LogP contribution in [0.4, 0.5) is 15.2 Å². The smallest absolute Gasteiger partial charge is 0.270 e. The van der Waals surface area contributed by atoms with Gasteiger partial charge in [0, 0.05) is 31.3 Å². The van der Waals surface area contributed by atoms with Gasteiger partial charge in [-0.3, -0.25) is 19.8 Å². The van der Waals surface area contributed by atoms with Crippen molar-refractivity contribution in [2.45, 2.75) is 0 Å². The van der Waals surface area contributed by atoms with E-state index >= 15 is 0 Å². The number of hydrogen-bond donors (Lipinski definition) is 0. The number of non-ortho nitro benzene ring substituents is 1. The number of nitrogens with zero attached hydrogens (tertiary/aromatic N) is 4. The number of carbonyl (C=O) groups excluding carboxylic acids is 1. The second kappa shape index (κ2) is 8.89. The van der Waals surface area contributed by atoms with Crippen LogP contribution in [0.2, 0.25) is 0 Å². The summed E-state index contributed by atoms with van der Waals surface area (Å²) in [5, 5.41) is 11.4. The van der Waals surface area contributed by atoms with Gasteiger partial charge in [0.05, 0.1) is 15.1 Å². The van der Waals surface area contributed by atoms with Gasteiger partial charge in [0.25, 0.3) is 11.6 Å². The standard InChI is InChI=1S/C20H19FN4O3S/c1-23(2)10-11-24(20-22-17-8-7-15(21)13-18(17)29-20)19(26)9-6-14-4-3-5-16(12-14)25(27)28/h3-9,12-13H,10-11H2,1-2H3/b9-6+. The molecule has 150 valence electrons. The van der Waals surface area contributed by atoms with E-state index in [1.807, 2.05) is 19.0 Å². The first kappa shape index (κ1) is 20.6. The zero-order valence-electron chi connectivity index (χ0n) is 15.9. The molecule has 0 atom stereocenters. The van der Waals surface area contributed by atoms with Gasteiger partial charge in [0.1, 0.15) is 5.82 Å². The number of benzene rings is 2. The van der Waals surface area contributed by atoms with E-state index in [4.69, 9.17) is 0 Å². The predicted octanol–water partition coefficient (Wildman–Crippen LogP) is 3.95. The van der Waals surface area contributed by atoms with E-state index in [0.717, 1.165) is 0 Å². The number of nitro groups is 1. The first-order chi connectivity index (χ1) is 13.8. The molecule has 0 fully saturated rings. The van der Waals surface area contributed by atoms with E-state index in [1.165, 1.54) is 52.7 Å². The Labute approximate surface area is 170 Å². The summed E-state index contributed by atoms with van der Waals surface area (Å²) >= 11 is 1.24. The summed E-state index contributed by atoms with van der Waals surface area (Å²) in [7, 11) is 3.80. The topological polar surface area (TPSA) is 79.6 Å². The molecule has 3 aromatic rings. The second-order valence-corrected chi connectivity index (χ2v) is 7.60. The minimum absolute atomic E-state index is 0.0442. The zero-order valence-corrected chi connectivity index (χ0v) is 16.7. The minimum atomic E-state index is -0.483. The minimum Gasteiger partial charge on any atom is -0.308 e. The maximum atomic E-state index is 13.5. The third-order valence-corrected chi connectivity index (χ3v) is 5.15. The van der Waals surface area contributed by atoms with Crippen molar-refractivity contribution >= 4 is 44.4 Å². The van der Waals surface area contributed by atoms with E-state index in [9.17, 15) is 19.3 Å². The summed E-state index contributed by atoms with van der Waals surface area (Å²) in [6.07, 6.45) is 2.90. The Balaban J connectivity index is 1.87. The molecule has 0 spiro atoms. The molecule has 0 aliphatic heterocycles. The van der Waals surface area contributed by atoms with Crippen LogP contribution in [0.15, 0.2) is 48.5 Å². The molecule has 3 rings (SSSR count). The number of amides is 1. The highest BCUT2D eigenvalue weighted by molar-refractivity contribution is 7.22. The predicted molar refractivity (Wildman–Crippen MR) is 113 cm³/mol. The lowest BCUT2D eigenvalue weighted by atomic mass is 10.2. The third kappa shape index (κ3) is 5.21. The molecule has 29 heavy (non-hydrogen) atoms. The number of carbonyl (C=O) groups is 1. The second-order valence-electron chi connectivity index (χ2n) is 6.59. The number of anilines is 1. The van der Waals surface area contributed by atoms with Gasteiger partial charge in [-0.25, -0.2) is 9.37 Å². The molecule has 2 aromatic carbocycles. The average Bonchev–Trinajstić information content (AvgIpc) is 3.09. The number of aromatic nitrogens is 1. The summed E-state index contributed by atoms with van der Waals surface area (Å²) in [5.41, 5.74) is 1.13. The van der Waals surface area contributed by atoms with E-state index in [0.29, 0.717) is 34.0 Å². The fourth-order valence-electron chi connectivity index (χ4n) is 2.60. The lowest BCUT2D eigenvalue weighted by Gasteiger charge is -2.20. The van der Waals surface area contributed by atoms with Crippen LogP contribution < -0.4 is 4.90 Å². The number of likely N-dealkylation sites (N-methyl/N-ethyl adjacent to an activating group) is 1. The van der Waals surface area contributed by atoms with Gasteiger partial charge >= 0.3 is 0 Å². The van der Waals surface area contributed by atoms with Gasteiger partial charge in [-0.2, -0.15) is 0 Å². The van der Waals surface area contributed by atoms with Crippen LogP contribution in [0.25, 0.3) is 16.3 Å². The number of fused-ring (bicyclic) bond motifs is 1. The lowest BCUT2D eigenvalue weighted by molar-refractivity contribution is -0.384. The Morgan fingerprint density at radius 3 is 2.76 bits per heavy atom. The fourth-order valence-corrected chi connectivity index (χ4v) is 3.62. The Hall–Kier alpha value is -3.17. The van der Waals surface area contributed by atoms with E-state index in [1.54, 1.807) is 18.2 Å². The zero-order chi connectivity index (χ0) is 21.0. The largest absolute Gasteiger partial charge is 0.308 e. The number of nitro benzene ring substituents is 1. The maximum absolute atomic E-state index is 13.5. The number of rotatable bonds is 7. The van der Waals surface area contributed by atoms with Gasteiger partial charge in [0.15, 0.2) is 5.13 Å². The van der Waals surface area contributed by atoms with Crippen molar-refractivity contribution in [2.75, 3.05) is 32.1 Å². The van der Waals surface area contributed by atoms with Crippen molar-refractivity contribution in [1.29, 1.82) is 0 Å². The molecular formula is C20H19FN4O3S. The summed E-state index contributed by atoms with van der Waals surface area (Å²) in [5.74, 6) is -0.665. The molecule has 0 N–H and O–H groups in total. The van der Waals surface area contributed by atoms with E-state index in [-0.39, 0.29) is 17.4 Å². The Morgan fingerprint density at radius 1 is 1.24 bits per heavy atom. The molecule has 0 aliphatic rings. The van der Waals surface area contributed by atoms with Gasteiger partial charge < -0.3 is 4.90 Å². The number of hydrogen-bond acceptors (Lipinski definition) is 6. The SMILES string of the molecule is CN(C)CCN(C(=O)/C=C/c1cccc([N+](=O)[O-])c1)c1nc2ccc(F)cc2s1.